The second-order valence-electron chi connectivity index (χ2n) is 5.13. The van der Waals surface area contributed by atoms with Crippen molar-refractivity contribution in [2.24, 2.45) is 0 Å². The average molecular weight is 368 g/mol. The molecule has 1 aliphatic rings. The number of nitrogens with zero attached hydrogens (tertiary/aromatic N) is 1. The van der Waals surface area contributed by atoms with Crippen LogP contribution in [0.25, 0.3) is 0 Å². The van der Waals surface area contributed by atoms with E-state index in [2.05, 4.69) is 0 Å². The SMILES string of the molecule is O=C(OCc1cc([N+](=O)[O-])cc2c1OCOC2)c1c(F)cccc1Cl. The maximum atomic E-state index is 13.8. The molecule has 0 atom stereocenters. The Kier molecular flexibility index (Phi) is 4.82. The molecule has 130 valence electrons. The highest BCUT2D eigenvalue weighted by Crippen LogP contribution is 2.33. The van der Waals surface area contributed by atoms with Crippen LogP contribution in [0.4, 0.5) is 10.1 Å². The lowest BCUT2D eigenvalue weighted by molar-refractivity contribution is -0.385. The van der Waals surface area contributed by atoms with Crippen molar-refractivity contribution in [3.8, 4) is 5.75 Å². The summed E-state index contributed by atoms with van der Waals surface area (Å²) in [5, 5.41) is 10.9. The summed E-state index contributed by atoms with van der Waals surface area (Å²) in [6.45, 7) is -0.227. The van der Waals surface area contributed by atoms with Gasteiger partial charge < -0.3 is 14.2 Å². The Balaban J connectivity index is 1.86. The van der Waals surface area contributed by atoms with Gasteiger partial charge in [0, 0.05) is 23.3 Å². The average Bonchev–Trinajstić information content (AvgIpc) is 2.59. The quantitative estimate of drug-likeness (QED) is 0.466. The van der Waals surface area contributed by atoms with E-state index < -0.39 is 22.3 Å². The molecule has 0 fully saturated rings. The first-order chi connectivity index (χ1) is 12.0. The molecule has 0 N–H and O–H groups in total. The maximum Gasteiger partial charge on any atom is 0.343 e. The van der Waals surface area contributed by atoms with Crippen LogP contribution in [0.1, 0.15) is 21.5 Å². The van der Waals surface area contributed by atoms with Gasteiger partial charge in [-0.2, -0.15) is 0 Å². The van der Waals surface area contributed by atoms with Crippen LogP contribution in [0.2, 0.25) is 5.02 Å². The van der Waals surface area contributed by atoms with Gasteiger partial charge in [0.15, 0.2) is 6.79 Å². The lowest BCUT2D eigenvalue weighted by Gasteiger charge is -2.20. The number of nitro groups is 1. The summed E-state index contributed by atoms with van der Waals surface area (Å²) in [4.78, 5) is 22.6. The highest BCUT2D eigenvalue weighted by Gasteiger charge is 2.23. The normalized spacial score (nSPS) is 12.9. The van der Waals surface area contributed by atoms with Crippen molar-refractivity contribution in [3.63, 3.8) is 0 Å². The van der Waals surface area contributed by atoms with Crippen molar-refractivity contribution >= 4 is 23.3 Å². The highest BCUT2D eigenvalue weighted by molar-refractivity contribution is 6.33. The topological polar surface area (TPSA) is 87.9 Å². The van der Waals surface area contributed by atoms with Gasteiger partial charge in [-0.15, -0.1) is 0 Å². The first-order valence-corrected chi connectivity index (χ1v) is 7.47. The lowest BCUT2D eigenvalue weighted by atomic mass is 10.1. The third-order valence-electron chi connectivity index (χ3n) is 3.51. The molecular formula is C16H11ClFNO6. The fraction of sp³-hybridized carbons (Fsp3) is 0.188. The molecule has 0 saturated heterocycles. The number of hydrogen-bond donors (Lipinski definition) is 0. The van der Waals surface area contributed by atoms with E-state index in [-0.39, 0.29) is 36.3 Å². The third kappa shape index (κ3) is 3.54. The number of rotatable bonds is 4. The predicted molar refractivity (Wildman–Crippen MR) is 83.9 cm³/mol. The van der Waals surface area contributed by atoms with Gasteiger partial charge in [-0.25, -0.2) is 9.18 Å². The molecule has 25 heavy (non-hydrogen) atoms. The summed E-state index contributed by atoms with van der Waals surface area (Å²) < 4.78 is 29.3. The molecule has 1 heterocycles. The van der Waals surface area contributed by atoms with E-state index in [1.807, 2.05) is 0 Å². The molecule has 0 bridgehead atoms. The largest absolute Gasteiger partial charge is 0.467 e. The van der Waals surface area contributed by atoms with E-state index in [1.165, 1.54) is 24.3 Å². The Morgan fingerprint density at radius 2 is 2.20 bits per heavy atom. The molecule has 0 aromatic heterocycles. The zero-order chi connectivity index (χ0) is 18.0. The number of fused-ring (bicyclic) bond motifs is 1. The Hall–Kier alpha value is -2.71. The van der Waals surface area contributed by atoms with Crippen LogP contribution in [-0.2, 0) is 22.7 Å². The van der Waals surface area contributed by atoms with Crippen LogP contribution in [0.15, 0.2) is 30.3 Å². The van der Waals surface area contributed by atoms with Gasteiger partial charge in [0.2, 0.25) is 0 Å². The minimum absolute atomic E-state index is 0.0229. The summed E-state index contributed by atoms with van der Waals surface area (Å²) in [7, 11) is 0. The first-order valence-electron chi connectivity index (χ1n) is 7.09. The number of hydrogen-bond acceptors (Lipinski definition) is 6. The Morgan fingerprint density at radius 1 is 1.40 bits per heavy atom. The summed E-state index contributed by atoms with van der Waals surface area (Å²) in [6, 6.07) is 6.36. The fourth-order valence-corrected chi connectivity index (χ4v) is 2.64. The summed E-state index contributed by atoms with van der Waals surface area (Å²) in [5.41, 5.74) is 0.166. The Morgan fingerprint density at radius 3 is 2.92 bits per heavy atom. The van der Waals surface area contributed by atoms with Crippen molar-refractivity contribution in [2.75, 3.05) is 6.79 Å². The summed E-state index contributed by atoms with van der Waals surface area (Å²) >= 11 is 5.82. The number of ether oxygens (including phenoxy) is 3. The molecule has 0 radical (unpaired) electrons. The van der Waals surface area contributed by atoms with Gasteiger partial charge in [0.25, 0.3) is 5.69 Å². The van der Waals surface area contributed by atoms with Gasteiger partial charge in [-0.3, -0.25) is 10.1 Å². The molecule has 9 heteroatoms. The molecule has 0 aliphatic carbocycles. The number of carbonyl (C=O) groups excluding carboxylic acids is 1. The number of nitro benzene ring substituents is 1. The van der Waals surface area contributed by atoms with Crippen molar-refractivity contribution in [1.82, 2.24) is 0 Å². The van der Waals surface area contributed by atoms with Crippen LogP contribution < -0.4 is 4.74 Å². The minimum atomic E-state index is -0.976. The zero-order valence-electron chi connectivity index (χ0n) is 12.7. The number of carbonyl (C=O) groups is 1. The van der Waals surface area contributed by atoms with E-state index in [0.29, 0.717) is 11.3 Å². The molecule has 0 amide bonds. The Bertz CT molecular complexity index is 837. The van der Waals surface area contributed by atoms with Crippen molar-refractivity contribution in [1.29, 1.82) is 0 Å². The van der Waals surface area contributed by atoms with E-state index in [1.54, 1.807) is 0 Å². The molecule has 2 aromatic rings. The van der Waals surface area contributed by atoms with Crippen LogP contribution >= 0.6 is 11.6 Å². The molecule has 3 rings (SSSR count). The number of esters is 1. The first kappa shape index (κ1) is 17.1. The molecule has 0 saturated carbocycles. The van der Waals surface area contributed by atoms with Crippen molar-refractivity contribution in [2.45, 2.75) is 13.2 Å². The van der Waals surface area contributed by atoms with Gasteiger partial charge >= 0.3 is 5.97 Å². The van der Waals surface area contributed by atoms with Gasteiger partial charge in [0.05, 0.1) is 16.6 Å². The van der Waals surface area contributed by atoms with E-state index in [4.69, 9.17) is 25.8 Å². The second kappa shape index (κ2) is 7.04. The smallest absolute Gasteiger partial charge is 0.343 e. The van der Waals surface area contributed by atoms with Crippen LogP contribution in [-0.4, -0.2) is 17.7 Å². The molecule has 0 unspecified atom stereocenters. The minimum Gasteiger partial charge on any atom is -0.467 e. The van der Waals surface area contributed by atoms with Crippen LogP contribution in [0.3, 0.4) is 0 Å². The summed E-state index contributed by atoms with van der Waals surface area (Å²) in [5.74, 6) is -1.44. The summed E-state index contributed by atoms with van der Waals surface area (Å²) in [6.07, 6.45) is 0. The Labute approximate surface area is 146 Å². The van der Waals surface area contributed by atoms with E-state index in [9.17, 15) is 19.3 Å². The fourth-order valence-electron chi connectivity index (χ4n) is 2.40. The lowest BCUT2D eigenvalue weighted by Crippen LogP contribution is -2.15. The molecule has 0 spiro atoms. The van der Waals surface area contributed by atoms with Crippen molar-refractivity contribution < 1.29 is 28.3 Å². The zero-order valence-corrected chi connectivity index (χ0v) is 13.4. The van der Waals surface area contributed by atoms with Gasteiger partial charge in [-0.1, -0.05) is 17.7 Å². The monoisotopic (exact) mass is 367 g/mol. The van der Waals surface area contributed by atoms with Crippen molar-refractivity contribution in [3.05, 3.63) is 68.0 Å². The standard InChI is InChI=1S/C16H11ClFNO6/c17-12-2-1-3-13(18)14(12)16(20)24-7-10-5-11(19(21)22)4-9-6-23-8-25-15(9)10/h1-5H,6-8H2. The van der Waals surface area contributed by atoms with E-state index in [0.717, 1.165) is 6.07 Å². The molecular weight excluding hydrogens is 357 g/mol. The van der Waals surface area contributed by atoms with E-state index >= 15 is 0 Å². The predicted octanol–water partition coefficient (Wildman–Crippen LogP) is 3.61. The number of non-ortho nitro benzene ring substituents is 1. The van der Waals surface area contributed by atoms with Gasteiger partial charge in [-0.05, 0) is 12.1 Å². The van der Waals surface area contributed by atoms with Gasteiger partial charge in [0.1, 0.15) is 23.7 Å². The molecule has 7 nitrogen and oxygen atoms in total. The highest BCUT2D eigenvalue weighted by atomic mass is 35.5. The maximum absolute atomic E-state index is 13.8. The molecule has 2 aromatic carbocycles. The second-order valence-corrected chi connectivity index (χ2v) is 5.54. The van der Waals surface area contributed by atoms with Crippen LogP contribution in [0, 0.1) is 15.9 Å². The van der Waals surface area contributed by atoms with Crippen LogP contribution in [0.5, 0.6) is 5.75 Å². The number of halogens is 2. The third-order valence-corrected chi connectivity index (χ3v) is 3.82. The number of benzene rings is 2. The molecule has 1 aliphatic heterocycles.